The standard InChI is InChI=1S/C16H22BrF3N4O3S/c17-12-5-6-14(13(7-12)27-16(18,19)20)28(25,26)24-9-11-3-1-10(2-4-11)8-23-15(21)22/h5-7,10-11,24H,1-4,8-9H2,(H4,21,22,23). The maximum Gasteiger partial charge on any atom is 0.573 e. The Labute approximate surface area is 169 Å². The molecule has 158 valence electrons. The summed E-state index contributed by atoms with van der Waals surface area (Å²) in [5.74, 6) is -0.308. The molecule has 0 bridgehead atoms. The van der Waals surface area contributed by atoms with Gasteiger partial charge in [-0.2, -0.15) is 0 Å². The molecule has 7 nitrogen and oxygen atoms in total. The fourth-order valence-electron chi connectivity index (χ4n) is 3.07. The largest absolute Gasteiger partial charge is 0.573 e. The number of hydrogen-bond donors (Lipinski definition) is 3. The molecule has 1 fully saturated rings. The molecule has 28 heavy (non-hydrogen) atoms. The lowest BCUT2D eigenvalue weighted by Crippen LogP contribution is -2.32. The molecule has 12 heteroatoms. The summed E-state index contributed by atoms with van der Waals surface area (Å²) in [6, 6.07) is 3.38. The van der Waals surface area contributed by atoms with Crippen LogP contribution in [0.25, 0.3) is 0 Å². The number of ether oxygens (including phenoxy) is 1. The molecule has 1 aliphatic rings. The summed E-state index contributed by atoms with van der Waals surface area (Å²) >= 11 is 3.01. The Kier molecular flexibility index (Phi) is 7.57. The molecule has 0 radical (unpaired) electrons. The quantitative estimate of drug-likeness (QED) is 0.404. The SMILES string of the molecule is NC(N)=NCC1CCC(CNS(=O)(=O)c2ccc(Br)cc2OC(F)(F)F)CC1. The van der Waals surface area contributed by atoms with Gasteiger partial charge in [-0.1, -0.05) is 15.9 Å². The number of hydrogen-bond acceptors (Lipinski definition) is 4. The van der Waals surface area contributed by atoms with E-state index in [2.05, 4.69) is 30.4 Å². The molecule has 2 rings (SSSR count). The molecule has 0 spiro atoms. The van der Waals surface area contributed by atoms with Crippen molar-refractivity contribution in [2.24, 2.45) is 28.3 Å². The van der Waals surface area contributed by atoms with Gasteiger partial charge in [-0.25, -0.2) is 13.1 Å². The van der Waals surface area contributed by atoms with Crippen molar-refractivity contribution in [2.45, 2.75) is 36.9 Å². The fraction of sp³-hybridized carbons (Fsp3) is 0.562. The minimum Gasteiger partial charge on any atom is -0.404 e. The van der Waals surface area contributed by atoms with Gasteiger partial charge in [-0.15, -0.1) is 13.2 Å². The molecule has 0 saturated heterocycles. The zero-order valence-electron chi connectivity index (χ0n) is 14.9. The van der Waals surface area contributed by atoms with E-state index in [0.717, 1.165) is 37.8 Å². The number of benzene rings is 1. The normalized spacial score (nSPS) is 20.6. The van der Waals surface area contributed by atoms with Crippen LogP contribution in [-0.2, 0) is 10.0 Å². The number of aliphatic imine (C=N–C) groups is 1. The topological polar surface area (TPSA) is 120 Å². The molecule has 0 aliphatic heterocycles. The summed E-state index contributed by atoms with van der Waals surface area (Å²) in [4.78, 5) is 3.43. The van der Waals surface area contributed by atoms with Crippen molar-refractivity contribution in [3.8, 4) is 5.75 Å². The fourth-order valence-corrected chi connectivity index (χ4v) is 4.63. The minimum absolute atomic E-state index is 0.0428. The van der Waals surface area contributed by atoms with Gasteiger partial charge in [0.1, 0.15) is 4.90 Å². The van der Waals surface area contributed by atoms with Crippen molar-refractivity contribution in [3.05, 3.63) is 22.7 Å². The number of guanidine groups is 1. The molecule has 1 aromatic carbocycles. The predicted molar refractivity (Wildman–Crippen MR) is 102 cm³/mol. The Morgan fingerprint density at radius 3 is 2.39 bits per heavy atom. The van der Waals surface area contributed by atoms with E-state index in [0.29, 0.717) is 12.5 Å². The smallest absolute Gasteiger partial charge is 0.404 e. The Hall–Kier alpha value is -1.53. The van der Waals surface area contributed by atoms with Crippen LogP contribution < -0.4 is 20.9 Å². The maximum absolute atomic E-state index is 12.6. The molecule has 0 unspecified atom stereocenters. The molecule has 0 atom stereocenters. The van der Waals surface area contributed by atoms with E-state index in [9.17, 15) is 21.6 Å². The number of nitrogens with two attached hydrogens (primary N) is 2. The van der Waals surface area contributed by atoms with Crippen LogP contribution in [0.1, 0.15) is 25.7 Å². The van der Waals surface area contributed by atoms with Gasteiger partial charge in [0.2, 0.25) is 10.0 Å². The highest BCUT2D eigenvalue weighted by Crippen LogP contribution is 2.33. The van der Waals surface area contributed by atoms with Crippen molar-refractivity contribution < 1.29 is 26.3 Å². The van der Waals surface area contributed by atoms with Gasteiger partial charge in [-0.05, 0) is 55.7 Å². The first kappa shape index (κ1) is 22.8. The number of nitrogens with zero attached hydrogens (tertiary/aromatic N) is 1. The third-order valence-electron chi connectivity index (χ3n) is 4.48. The van der Waals surface area contributed by atoms with E-state index >= 15 is 0 Å². The second kappa shape index (κ2) is 9.31. The maximum atomic E-state index is 12.6. The van der Waals surface area contributed by atoms with Crippen LogP contribution in [0.5, 0.6) is 5.75 Å². The third-order valence-corrected chi connectivity index (χ3v) is 6.44. The van der Waals surface area contributed by atoms with Crippen LogP contribution in [0.15, 0.2) is 32.6 Å². The van der Waals surface area contributed by atoms with Crippen molar-refractivity contribution in [1.29, 1.82) is 0 Å². The number of rotatable bonds is 7. The zero-order chi connectivity index (χ0) is 20.9. The average Bonchev–Trinajstić information content (AvgIpc) is 2.57. The van der Waals surface area contributed by atoms with Crippen molar-refractivity contribution >= 4 is 31.9 Å². The van der Waals surface area contributed by atoms with Crippen LogP contribution in [-0.4, -0.2) is 33.8 Å². The molecule has 0 aromatic heterocycles. The highest BCUT2D eigenvalue weighted by Gasteiger charge is 2.34. The Balaban J connectivity index is 1.99. The second-order valence-corrected chi connectivity index (χ2v) is 9.29. The lowest BCUT2D eigenvalue weighted by atomic mass is 9.82. The van der Waals surface area contributed by atoms with Gasteiger partial charge in [0, 0.05) is 17.6 Å². The van der Waals surface area contributed by atoms with Gasteiger partial charge in [0.05, 0.1) is 0 Å². The van der Waals surface area contributed by atoms with E-state index < -0.39 is 27.0 Å². The summed E-state index contributed by atoms with van der Waals surface area (Å²) < 4.78 is 69.3. The molecule has 1 saturated carbocycles. The third kappa shape index (κ3) is 7.13. The van der Waals surface area contributed by atoms with Crippen molar-refractivity contribution in [3.63, 3.8) is 0 Å². The molecular formula is C16H22BrF3N4O3S. The zero-order valence-corrected chi connectivity index (χ0v) is 17.3. The Bertz CT molecular complexity index is 806. The highest BCUT2D eigenvalue weighted by atomic mass is 79.9. The summed E-state index contributed by atoms with van der Waals surface area (Å²) in [5.41, 5.74) is 10.6. The van der Waals surface area contributed by atoms with Crippen LogP contribution in [0.2, 0.25) is 0 Å². The van der Waals surface area contributed by atoms with Crippen LogP contribution in [0.3, 0.4) is 0 Å². The van der Waals surface area contributed by atoms with Gasteiger partial charge in [0.25, 0.3) is 0 Å². The lowest BCUT2D eigenvalue weighted by Gasteiger charge is -2.27. The van der Waals surface area contributed by atoms with Gasteiger partial charge < -0.3 is 16.2 Å². The molecule has 1 aromatic rings. The van der Waals surface area contributed by atoms with Gasteiger partial charge in [0.15, 0.2) is 11.7 Å². The number of halogens is 4. The number of nitrogens with one attached hydrogen (secondary N) is 1. The highest BCUT2D eigenvalue weighted by molar-refractivity contribution is 9.10. The van der Waals surface area contributed by atoms with E-state index in [4.69, 9.17) is 11.5 Å². The van der Waals surface area contributed by atoms with E-state index in [-0.39, 0.29) is 22.9 Å². The van der Waals surface area contributed by atoms with Crippen molar-refractivity contribution in [2.75, 3.05) is 13.1 Å². The number of sulfonamides is 1. The first-order valence-corrected chi connectivity index (χ1v) is 10.8. The number of alkyl halides is 3. The molecule has 1 aliphatic carbocycles. The second-order valence-electron chi connectivity index (χ2n) is 6.64. The van der Waals surface area contributed by atoms with Crippen LogP contribution >= 0.6 is 15.9 Å². The average molecular weight is 487 g/mol. The van der Waals surface area contributed by atoms with Gasteiger partial charge >= 0.3 is 6.36 Å². The van der Waals surface area contributed by atoms with E-state index in [1.807, 2.05) is 0 Å². The lowest BCUT2D eigenvalue weighted by molar-refractivity contribution is -0.275. The summed E-state index contributed by atoms with van der Waals surface area (Å²) in [6.07, 6.45) is -1.74. The Morgan fingerprint density at radius 1 is 1.21 bits per heavy atom. The monoisotopic (exact) mass is 486 g/mol. The predicted octanol–water partition coefficient (Wildman–Crippen LogP) is 2.71. The minimum atomic E-state index is -5.00. The summed E-state index contributed by atoms with van der Waals surface area (Å²) in [7, 11) is -4.17. The first-order valence-electron chi connectivity index (χ1n) is 8.56. The molecule has 0 heterocycles. The molecule has 5 N–H and O–H groups in total. The van der Waals surface area contributed by atoms with Crippen LogP contribution in [0.4, 0.5) is 13.2 Å². The van der Waals surface area contributed by atoms with Gasteiger partial charge in [-0.3, -0.25) is 4.99 Å². The first-order chi connectivity index (χ1) is 13.0. The van der Waals surface area contributed by atoms with Crippen molar-refractivity contribution in [1.82, 2.24) is 4.72 Å². The van der Waals surface area contributed by atoms with Crippen LogP contribution in [0, 0.1) is 11.8 Å². The Morgan fingerprint density at radius 2 is 1.82 bits per heavy atom. The molecular weight excluding hydrogens is 465 g/mol. The summed E-state index contributed by atoms with van der Waals surface area (Å²) in [5, 5.41) is 0. The summed E-state index contributed by atoms with van der Waals surface area (Å²) in [6.45, 7) is 0.677. The van der Waals surface area contributed by atoms with E-state index in [1.54, 1.807) is 0 Å². The van der Waals surface area contributed by atoms with E-state index in [1.165, 1.54) is 6.07 Å². The molecule has 0 amide bonds.